The predicted molar refractivity (Wildman–Crippen MR) is 68.5 cm³/mol. The van der Waals surface area contributed by atoms with E-state index in [4.69, 9.17) is 5.73 Å². The van der Waals surface area contributed by atoms with Gasteiger partial charge in [0.2, 0.25) is 0 Å². The maximum absolute atomic E-state index is 5.96. The van der Waals surface area contributed by atoms with E-state index in [-0.39, 0.29) is 0 Å². The van der Waals surface area contributed by atoms with Crippen LogP contribution < -0.4 is 5.73 Å². The van der Waals surface area contributed by atoms with Gasteiger partial charge >= 0.3 is 0 Å². The fourth-order valence-electron chi connectivity index (χ4n) is 3.33. The Balaban J connectivity index is 1.93. The van der Waals surface area contributed by atoms with Crippen LogP contribution in [0.2, 0.25) is 0 Å². The van der Waals surface area contributed by atoms with Crippen LogP contribution in [0.1, 0.15) is 33.1 Å². The van der Waals surface area contributed by atoms with E-state index in [0.29, 0.717) is 6.04 Å². The molecule has 0 bridgehead atoms. The van der Waals surface area contributed by atoms with Crippen molar-refractivity contribution in [2.75, 3.05) is 32.7 Å². The zero-order chi connectivity index (χ0) is 11.5. The smallest absolute Gasteiger partial charge is 0.0245 e. The third kappa shape index (κ3) is 2.41. The fraction of sp³-hybridized carbons (Fsp3) is 1.00. The number of hydrogen-bond acceptors (Lipinski definition) is 3. The summed E-state index contributed by atoms with van der Waals surface area (Å²) in [6.07, 6.45) is 4.04. The molecule has 2 N–H and O–H groups in total. The number of rotatable bonds is 4. The van der Waals surface area contributed by atoms with Crippen molar-refractivity contribution in [2.24, 2.45) is 11.7 Å². The van der Waals surface area contributed by atoms with Crippen molar-refractivity contribution >= 4 is 0 Å². The molecule has 16 heavy (non-hydrogen) atoms. The first kappa shape index (κ1) is 12.3. The van der Waals surface area contributed by atoms with Gasteiger partial charge in [-0.3, -0.25) is 9.80 Å². The molecule has 3 atom stereocenters. The molecule has 0 amide bonds. The summed E-state index contributed by atoms with van der Waals surface area (Å²) in [4.78, 5) is 5.32. The second kappa shape index (κ2) is 5.48. The number of hydrogen-bond donors (Lipinski definition) is 1. The van der Waals surface area contributed by atoms with E-state index in [1.165, 1.54) is 45.4 Å². The third-order valence-corrected chi connectivity index (χ3v) is 4.63. The maximum Gasteiger partial charge on any atom is 0.0245 e. The zero-order valence-corrected chi connectivity index (χ0v) is 10.9. The van der Waals surface area contributed by atoms with Gasteiger partial charge in [0.1, 0.15) is 0 Å². The Morgan fingerprint density at radius 2 is 2.12 bits per heavy atom. The van der Waals surface area contributed by atoms with Gasteiger partial charge in [-0.15, -0.1) is 0 Å². The van der Waals surface area contributed by atoms with Gasteiger partial charge in [0.25, 0.3) is 0 Å². The first-order chi connectivity index (χ1) is 7.76. The molecule has 2 fully saturated rings. The highest BCUT2D eigenvalue weighted by Crippen LogP contribution is 2.24. The van der Waals surface area contributed by atoms with Crippen molar-refractivity contribution in [1.29, 1.82) is 0 Å². The van der Waals surface area contributed by atoms with Crippen molar-refractivity contribution in [2.45, 2.75) is 45.2 Å². The summed E-state index contributed by atoms with van der Waals surface area (Å²) in [5, 5.41) is 0. The van der Waals surface area contributed by atoms with Gasteiger partial charge in [-0.2, -0.15) is 0 Å². The van der Waals surface area contributed by atoms with E-state index in [1.807, 2.05) is 0 Å². The summed E-state index contributed by atoms with van der Waals surface area (Å²) in [7, 11) is 0. The lowest BCUT2D eigenvalue weighted by Crippen LogP contribution is -2.56. The second-order valence-corrected chi connectivity index (χ2v) is 5.52. The van der Waals surface area contributed by atoms with Crippen LogP contribution in [0, 0.1) is 5.92 Å². The lowest BCUT2D eigenvalue weighted by Gasteiger charge is -2.43. The Hall–Kier alpha value is -0.120. The Bertz CT molecular complexity index is 219. The Kier molecular flexibility index (Phi) is 4.22. The van der Waals surface area contributed by atoms with Crippen LogP contribution in [0.3, 0.4) is 0 Å². The summed E-state index contributed by atoms with van der Waals surface area (Å²) in [5.74, 6) is 0.734. The average molecular weight is 225 g/mol. The van der Waals surface area contributed by atoms with E-state index >= 15 is 0 Å². The molecule has 2 saturated heterocycles. The van der Waals surface area contributed by atoms with Gasteiger partial charge in [-0.1, -0.05) is 20.3 Å². The Labute approximate surface area is 100.0 Å². The van der Waals surface area contributed by atoms with Crippen molar-refractivity contribution in [1.82, 2.24) is 9.80 Å². The molecule has 2 heterocycles. The largest absolute Gasteiger partial charge is 0.329 e. The number of nitrogens with two attached hydrogens (primary N) is 1. The molecule has 0 radical (unpaired) electrons. The van der Waals surface area contributed by atoms with Crippen LogP contribution >= 0.6 is 0 Å². The third-order valence-electron chi connectivity index (χ3n) is 4.63. The monoisotopic (exact) mass is 225 g/mol. The molecule has 94 valence electrons. The standard InChI is InChI=1S/C13H27N3/c1-3-11(2)13(9-14)16-8-7-15-6-4-5-12(15)10-16/h11-13H,3-10,14H2,1-2H3. The molecule has 0 saturated carbocycles. The number of fused-ring (bicyclic) bond motifs is 1. The molecule has 2 aliphatic rings. The molecule has 3 heteroatoms. The molecule has 0 aliphatic carbocycles. The lowest BCUT2D eigenvalue weighted by atomic mass is 9.96. The minimum atomic E-state index is 0.604. The molecule has 3 nitrogen and oxygen atoms in total. The van der Waals surface area contributed by atoms with Gasteiger partial charge < -0.3 is 5.73 Å². The van der Waals surface area contributed by atoms with E-state index in [9.17, 15) is 0 Å². The lowest BCUT2D eigenvalue weighted by molar-refractivity contribution is 0.0540. The van der Waals surface area contributed by atoms with Gasteiger partial charge in [-0.25, -0.2) is 0 Å². The van der Waals surface area contributed by atoms with Crippen LogP contribution in [0.4, 0.5) is 0 Å². The van der Waals surface area contributed by atoms with Crippen LogP contribution in [0.5, 0.6) is 0 Å². The first-order valence-corrected chi connectivity index (χ1v) is 6.94. The molecular weight excluding hydrogens is 198 g/mol. The Morgan fingerprint density at radius 3 is 2.81 bits per heavy atom. The predicted octanol–water partition coefficient (Wildman–Crippen LogP) is 1.14. The molecule has 0 spiro atoms. The van der Waals surface area contributed by atoms with E-state index in [2.05, 4.69) is 23.6 Å². The zero-order valence-electron chi connectivity index (χ0n) is 10.9. The van der Waals surface area contributed by atoms with Crippen molar-refractivity contribution in [3.63, 3.8) is 0 Å². The second-order valence-electron chi connectivity index (χ2n) is 5.52. The quantitative estimate of drug-likeness (QED) is 0.779. The molecule has 2 rings (SSSR count). The number of nitrogens with zero attached hydrogens (tertiary/aromatic N) is 2. The van der Waals surface area contributed by atoms with Gasteiger partial charge in [0.15, 0.2) is 0 Å². The molecule has 0 aromatic rings. The summed E-state index contributed by atoms with van der Waals surface area (Å²) in [6.45, 7) is 10.5. The maximum atomic E-state index is 5.96. The fourth-order valence-corrected chi connectivity index (χ4v) is 3.33. The summed E-state index contributed by atoms with van der Waals surface area (Å²) in [5.41, 5.74) is 5.96. The highest BCUT2D eigenvalue weighted by molar-refractivity contribution is 4.90. The summed E-state index contributed by atoms with van der Waals surface area (Å²) >= 11 is 0. The highest BCUT2D eigenvalue weighted by Gasteiger charge is 2.34. The van der Waals surface area contributed by atoms with E-state index < -0.39 is 0 Å². The first-order valence-electron chi connectivity index (χ1n) is 6.94. The molecule has 3 unspecified atom stereocenters. The Morgan fingerprint density at radius 1 is 1.31 bits per heavy atom. The van der Waals surface area contributed by atoms with Crippen molar-refractivity contribution in [3.05, 3.63) is 0 Å². The summed E-state index contributed by atoms with van der Waals surface area (Å²) in [6, 6.07) is 1.43. The molecule has 0 aromatic carbocycles. The van der Waals surface area contributed by atoms with Gasteiger partial charge in [0.05, 0.1) is 0 Å². The van der Waals surface area contributed by atoms with Crippen LogP contribution in [-0.4, -0.2) is 54.6 Å². The van der Waals surface area contributed by atoms with Gasteiger partial charge in [-0.05, 0) is 25.3 Å². The molecule has 0 aromatic heterocycles. The molecular formula is C13H27N3. The van der Waals surface area contributed by atoms with Crippen molar-refractivity contribution < 1.29 is 0 Å². The minimum absolute atomic E-state index is 0.604. The SMILES string of the molecule is CCC(C)C(CN)N1CCN2CCCC2C1. The van der Waals surface area contributed by atoms with Crippen LogP contribution in [-0.2, 0) is 0 Å². The minimum Gasteiger partial charge on any atom is -0.329 e. The van der Waals surface area contributed by atoms with E-state index in [0.717, 1.165) is 18.5 Å². The summed E-state index contributed by atoms with van der Waals surface area (Å²) < 4.78 is 0. The number of piperazine rings is 1. The van der Waals surface area contributed by atoms with Crippen LogP contribution in [0.15, 0.2) is 0 Å². The van der Waals surface area contributed by atoms with Gasteiger partial charge in [0, 0.05) is 38.3 Å². The highest BCUT2D eigenvalue weighted by atomic mass is 15.3. The normalized spacial score (nSPS) is 31.3. The average Bonchev–Trinajstić information content (AvgIpc) is 2.77. The molecule has 2 aliphatic heterocycles. The van der Waals surface area contributed by atoms with E-state index in [1.54, 1.807) is 0 Å². The van der Waals surface area contributed by atoms with Crippen LogP contribution in [0.25, 0.3) is 0 Å². The topological polar surface area (TPSA) is 32.5 Å². The van der Waals surface area contributed by atoms with Crippen molar-refractivity contribution in [3.8, 4) is 0 Å².